The van der Waals surface area contributed by atoms with Gasteiger partial charge < -0.3 is 4.90 Å². The Labute approximate surface area is 118 Å². The molecule has 1 aromatic rings. The van der Waals surface area contributed by atoms with Crippen molar-refractivity contribution in [1.82, 2.24) is 0 Å². The Morgan fingerprint density at radius 1 is 1.35 bits per heavy atom. The number of hydrogen-bond donors (Lipinski definition) is 0. The largest absolute Gasteiger partial charge is 0.363 e. The molecular weight excluding hydrogens is 256 g/mol. The van der Waals surface area contributed by atoms with Crippen molar-refractivity contribution < 1.29 is 9.72 Å². The smallest absolute Gasteiger partial charge is 0.293 e. The molecule has 0 spiro atoms. The Balaban J connectivity index is 2.37. The fourth-order valence-electron chi connectivity index (χ4n) is 3.02. The highest BCUT2D eigenvalue weighted by Gasteiger charge is 2.26. The van der Waals surface area contributed by atoms with Gasteiger partial charge in [-0.3, -0.25) is 14.9 Å². The number of carbonyl (C=O) groups excluding carboxylic acids is 1. The second-order valence-corrected chi connectivity index (χ2v) is 5.20. The van der Waals surface area contributed by atoms with Crippen LogP contribution in [0.3, 0.4) is 0 Å². The molecule has 0 atom stereocenters. The van der Waals surface area contributed by atoms with Gasteiger partial charge in [0.05, 0.1) is 4.92 Å². The number of hydrogen-bond acceptors (Lipinski definition) is 4. The van der Waals surface area contributed by atoms with Crippen LogP contribution in [0.25, 0.3) is 0 Å². The maximum absolute atomic E-state index is 11.3. The van der Waals surface area contributed by atoms with Crippen molar-refractivity contribution in [2.24, 2.45) is 0 Å². The molecule has 5 nitrogen and oxygen atoms in total. The van der Waals surface area contributed by atoms with Gasteiger partial charge in [0.1, 0.15) is 12.0 Å². The highest BCUT2D eigenvalue weighted by molar-refractivity contribution is 5.79. The average molecular weight is 276 g/mol. The topological polar surface area (TPSA) is 63.5 Å². The normalized spacial score (nSPS) is 15.8. The van der Waals surface area contributed by atoms with Gasteiger partial charge in [-0.2, -0.15) is 0 Å². The molecule has 0 bridgehead atoms. The molecule has 5 heteroatoms. The van der Waals surface area contributed by atoms with Crippen LogP contribution in [0.15, 0.2) is 18.2 Å². The van der Waals surface area contributed by atoms with E-state index in [1.165, 1.54) is 25.3 Å². The third-order valence-corrected chi connectivity index (χ3v) is 4.00. The lowest BCUT2D eigenvalue weighted by Gasteiger charge is -2.35. The number of anilines is 1. The first-order valence-corrected chi connectivity index (χ1v) is 7.17. The molecule has 108 valence electrons. The SMILES string of the molecule is CCN(c1ccc(C=O)cc1[N+](=O)[O-])C1CCCCC1. The van der Waals surface area contributed by atoms with Crippen LogP contribution < -0.4 is 4.90 Å². The molecule has 0 heterocycles. The Kier molecular flexibility index (Phi) is 4.71. The van der Waals surface area contributed by atoms with Gasteiger partial charge in [-0.1, -0.05) is 19.3 Å². The molecule has 2 rings (SSSR count). The molecule has 0 unspecified atom stereocenters. The van der Waals surface area contributed by atoms with Crippen LogP contribution in [-0.2, 0) is 0 Å². The van der Waals surface area contributed by atoms with E-state index in [4.69, 9.17) is 0 Å². The lowest BCUT2D eigenvalue weighted by molar-refractivity contribution is -0.384. The summed E-state index contributed by atoms with van der Waals surface area (Å²) in [6, 6.07) is 5.10. The van der Waals surface area contributed by atoms with Crippen molar-refractivity contribution >= 4 is 17.7 Å². The van der Waals surface area contributed by atoms with E-state index in [0.717, 1.165) is 19.4 Å². The third-order valence-electron chi connectivity index (χ3n) is 4.00. The highest BCUT2D eigenvalue weighted by Crippen LogP contribution is 2.34. The number of nitro groups is 1. The predicted octanol–water partition coefficient (Wildman–Crippen LogP) is 3.57. The minimum Gasteiger partial charge on any atom is -0.363 e. The van der Waals surface area contributed by atoms with Gasteiger partial charge in [0, 0.05) is 24.2 Å². The lowest BCUT2D eigenvalue weighted by atomic mass is 9.93. The van der Waals surface area contributed by atoms with E-state index in [1.807, 2.05) is 6.92 Å². The Hall–Kier alpha value is -1.91. The zero-order chi connectivity index (χ0) is 14.5. The van der Waals surface area contributed by atoms with Crippen LogP contribution in [0.1, 0.15) is 49.4 Å². The molecule has 0 aliphatic heterocycles. The van der Waals surface area contributed by atoms with Crippen molar-refractivity contribution in [2.45, 2.75) is 45.1 Å². The fourth-order valence-corrected chi connectivity index (χ4v) is 3.02. The molecule has 0 amide bonds. The van der Waals surface area contributed by atoms with Crippen molar-refractivity contribution in [3.05, 3.63) is 33.9 Å². The highest BCUT2D eigenvalue weighted by atomic mass is 16.6. The molecule has 1 aliphatic rings. The molecule has 0 N–H and O–H groups in total. The monoisotopic (exact) mass is 276 g/mol. The second kappa shape index (κ2) is 6.50. The summed E-state index contributed by atoms with van der Waals surface area (Å²) in [4.78, 5) is 23.8. The fraction of sp³-hybridized carbons (Fsp3) is 0.533. The molecular formula is C15H20N2O3. The summed E-state index contributed by atoms with van der Waals surface area (Å²) in [6.07, 6.45) is 6.43. The maximum Gasteiger partial charge on any atom is 0.293 e. The number of carbonyl (C=O) groups is 1. The van der Waals surface area contributed by atoms with Crippen molar-refractivity contribution in [2.75, 3.05) is 11.4 Å². The third kappa shape index (κ3) is 2.98. The summed E-state index contributed by atoms with van der Waals surface area (Å²) >= 11 is 0. The van der Waals surface area contributed by atoms with Crippen LogP contribution >= 0.6 is 0 Å². The molecule has 1 fully saturated rings. The minimum atomic E-state index is -0.395. The summed E-state index contributed by atoms with van der Waals surface area (Å²) in [5.74, 6) is 0. The minimum absolute atomic E-state index is 0.0297. The van der Waals surface area contributed by atoms with Gasteiger partial charge in [0.15, 0.2) is 0 Å². The van der Waals surface area contributed by atoms with E-state index in [0.29, 0.717) is 23.6 Å². The molecule has 1 saturated carbocycles. The van der Waals surface area contributed by atoms with Gasteiger partial charge in [-0.25, -0.2) is 0 Å². The quantitative estimate of drug-likeness (QED) is 0.468. The summed E-state index contributed by atoms with van der Waals surface area (Å²) in [5.41, 5.74) is 1.01. The predicted molar refractivity (Wildman–Crippen MR) is 78.4 cm³/mol. The molecule has 20 heavy (non-hydrogen) atoms. The van der Waals surface area contributed by atoms with Gasteiger partial charge in [-0.05, 0) is 31.9 Å². The summed E-state index contributed by atoms with van der Waals surface area (Å²) in [7, 11) is 0. The Morgan fingerprint density at radius 3 is 2.60 bits per heavy atom. The van der Waals surface area contributed by atoms with Crippen LogP contribution in [-0.4, -0.2) is 23.8 Å². The van der Waals surface area contributed by atoms with E-state index in [-0.39, 0.29) is 5.69 Å². The summed E-state index contributed by atoms with van der Waals surface area (Å²) < 4.78 is 0. The van der Waals surface area contributed by atoms with Crippen LogP contribution in [0, 0.1) is 10.1 Å². The van der Waals surface area contributed by atoms with Crippen molar-refractivity contribution in [3.63, 3.8) is 0 Å². The van der Waals surface area contributed by atoms with Crippen LogP contribution in [0.4, 0.5) is 11.4 Å². The van der Waals surface area contributed by atoms with Crippen molar-refractivity contribution in [3.8, 4) is 0 Å². The second-order valence-electron chi connectivity index (χ2n) is 5.20. The molecule has 0 aromatic heterocycles. The Morgan fingerprint density at radius 2 is 2.05 bits per heavy atom. The number of benzene rings is 1. The first kappa shape index (κ1) is 14.5. The number of aldehydes is 1. The number of rotatable bonds is 5. The van der Waals surface area contributed by atoms with Crippen LogP contribution in [0.2, 0.25) is 0 Å². The average Bonchev–Trinajstić information content (AvgIpc) is 2.49. The summed E-state index contributed by atoms with van der Waals surface area (Å²) in [5, 5.41) is 11.3. The molecule has 0 saturated heterocycles. The zero-order valence-corrected chi connectivity index (χ0v) is 11.7. The van der Waals surface area contributed by atoms with Crippen LogP contribution in [0.5, 0.6) is 0 Å². The van der Waals surface area contributed by atoms with Crippen molar-refractivity contribution in [1.29, 1.82) is 0 Å². The Bertz CT molecular complexity index is 496. The molecule has 1 aliphatic carbocycles. The van der Waals surface area contributed by atoms with Gasteiger partial charge in [0.25, 0.3) is 5.69 Å². The first-order valence-electron chi connectivity index (χ1n) is 7.17. The van der Waals surface area contributed by atoms with E-state index >= 15 is 0 Å². The standard InChI is InChI=1S/C15H20N2O3/c1-2-16(13-6-4-3-5-7-13)14-9-8-12(11-18)10-15(14)17(19)20/h8-11,13H,2-7H2,1H3. The number of nitrogens with zero attached hydrogens (tertiary/aromatic N) is 2. The number of nitro benzene ring substituents is 1. The van der Waals surface area contributed by atoms with Gasteiger partial charge in [-0.15, -0.1) is 0 Å². The summed E-state index contributed by atoms with van der Waals surface area (Å²) in [6.45, 7) is 2.76. The van der Waals surface area contributed by atoms with E-state index < -0.39 is 4.92 Å². The van der Waals surface area contributed by atoms with E-state index in [2.05, 4.69) is 4.90 Å². The van der Waals surface area contributed by atoms with Gasteiger partial charge in [0.2, 0.25) is 0 Å². The van der Waals surface area contributed by atoms with E-state index in [9.17, 15) is 14.9 Å². The maximum atomic E-state index is 11.3. The molecule has 0 radical (unpaired) electrons. The molecule has 1 aromatic carbocycles. The first-order chi connectivity index (χ1) is 9.67. The van der Waals surface area contributed by atoms with Gasteiger partial charge >= 0.3 is 0 Å². The lowest BCUT2D eigenvalue weighted by Crippen LogP contribution is -2.37. The zero-order valence-electron chi connectivity index (χ0n) is 11.7. The van der Waals surface area contributed by atoms with E-state index in [1.54, 1.807) is 12.1 Å².